The summed E-state index contributed by atoms with van der Waals surface area (Å²) in [5.74, 6) is -0.404. The first kappa shape index (κ1) is 15.4. The molecular formula is C13H20ClFN2O. The molecule has 1 aromatic rings. The molecule has 1 aromatic carbocycles. The van der Waals surface area contributed by atoms with Gasteiger partial charge in [0.15, 0.2) is 0 Å². The summed E-state index contributed by atoms with van der Waals surface area (Å²) >= 11 is 5.69. The minimum absolute atomic E-state index is 0.120. The number of hydrogen-bond acceptors (Lipinski definition) is 3. The van der Waals surface area contributed by atoms with Gasteiger partial charge in [0.2, 0.25) is 0 Å². The number of rotatable bonds is 6. The zero-order valence-corrected chi connectivity index (χ0v) is 11.8. The maximum absolute atomic E-state index is 13.6. The van der Waals surface area contributed by atoms with E-state index in [1.54, 1.807) is 19.1 Å². The van der Waals surface area contributed by atoms with Crippen LogP contribution in [0.3, 0.4) is 0 Å². The Kier molecular flexibility index (Phi) is 5.53. The molecule has 5 heteroatoms. The monoisotopic (exact) mass is 274 g/mol. The first-order valence-electron chi connectivity index (χ1n) is 5.82. The Hall–Kier alpha value is -0.680. The van der Waals surface area contributed by atoms with Gasteiger partial charge in [-0.2, -0.15) is 0 Å². The van der Waals surface area contributed by atoms with E-state index >= 15 is 0 Å². The number of nitrogens with zero attached hydrogens (tertiary/aromatic N) is 1. The summed E-state index contributed by atoms with van der Waals surface area (Å²) in [5, 5.41) is 13.2. The lowest BCUT2D eigenvalue weighted by molar-refractivity contribution is 0.0335. The molecule has 0 aliphatic rings. The van der Waals surface area contributed by atoms with E-state index in [0.717, 1.165) is 0 Å². The van der Waals surface area contributed by atoms with Crippen molar-refractivity contribution >= 4 is 11.6 Å². The average molecular weight is 275 g/mol. The van der Waals surface area contributed by atoms with Crippen molar-refractivity contribution in [2.24, 2.45) is 0 Å². The van der Waals surface area contributed by atoms with Crippen molar-refractivity contribution in [2.75, 3.05) is 27.2 Å². The van der Waals surface area contributed by atoms with Crippen LogP contribution in [0.5, 0.6) is 0 Å². The molecule has 1 rings (SSSR count). The smallest absolute Gasteiger partial charge is 0.146 e. The summed E-state index contributed by atoms with van der Waals surface area (Å²) in [6.45, 7) is 3.01. The van der Waals surface area contributed by atoms with Crippen molar-refractivity contribution in [3.63, 3.8) is 0 Å². The summed E-state index contributed by atoms with van der Waals surface area (Å²) < 4.78 is 13.6. The van der Waals surface area contributed by atoms with Crippen molar-refractivity contribution in [2.45, 2.75) is 19.1 Å². The fourth-order valence-electron chi connectivity index (χ4n) is 1.89. The molecule has 0 bridgehead atoms. The van der Waals surface area contributed by atoms with Crippen molar-refractivity contribution in [3.8, 4) is 0 Å². The van der Waals surface area contributed by atoms with Crippen molar-refractivity contribution in [1.82, 2.24) is 10.2 Å². The van der Waals surface area contributed by atoms with Crippen LogP contribution in [-0.4, -0.2) is 42.8 Å². The van der Waals surface area contributed by atoms with E-state index in [4.69, 9.17) is 11.6 Å². The molecular weight excluding hydrogens is 255 g/mol. The van der Waals surface area contributed by atoms with Gasteiger partial charge in [0.05, 0.1) is 10.6 Å². The minimum Gasteiger partial charge on any atom is -0.388 e. The SMILES string of the molecule is CN(C)CC(C)(O)CNCc1cccc(Cl)c1F. The fraction of sp³-hybridized carbons (Fsp3) is 0.538. The summed E-state index contributed by atoms with van der Waals surface area (Å²) in [5.41, 5.74) is -0.346. The van der Waals surface area contributed by atoms with Crippen LogP contribution >= 0.6 is 11.6 Å². The topological polar surface area (TPSA) is 35.5 Å². The van der Waals surface area contributed by atoms with Crippen LogP contribution < -0.4 is 5.32 Å². The van der Waals surface area contributed by atoms with Crippen LogP contribution in [0.1, 0.15) is 12.5 Å². The Morgan fingerprint density at radius 3 is 2.72 bits per heavy atom. The van der Waals surface area contributed by atoms with Gasteiger partial charge in [0.25, 0.3) is 0 Å². The second-order valence-corrected chi connectivity index (χ2v) is 5.46. The molecule has 0 saturated carbocycles. The van der Waals surface area contributed by atoms with Crippen LogP contribution in [0.2, 0.25) is 5.02 Å². The number of nitrogens with one attached hydrogen (secondary N) is 1. The molecule has 0 aliphatic carbocycles. The second kappa shape index (κ2) is 6.48. The van der Waals surface area contributed by atoms with Gasteiger partial charge in [-0.05, 0) is 27.1 Å². The zero-order valence-electron chi connectivity index (χ0n) is 11.0. The van der Waals surface area contributed by atoms with Crippen LogP contribution in [0.15, 0.2) is 18.2 Å². The summed E-state index contributed by atoms with van der Waals surface area (Å²) in [4.78, 5) is 1.90. The number of likely N-dealkylation sites (N-methyl/N-ethyl adjacent to an activating group) is 1. The van der Waals surface area contributed by atoms with E-state index in [0.29, 0.717) is 25.2 Å². The molecule has 0 aromatic heterocycles. The van der Waals surface area contributed by atoms with Gasteiger partial charge in [-0.15, -0.1) is 0 Å². The summed E-state index contributed by atoms with van der Waals surface area (Å²) in [6.07, 6.45) is 0. The van der Waals surface area contributed by atoms with E-state index < -0.39 is 11.4 Å². The Labute approximate surface area is 113 Å². The van der Waals surface area contributed by atoms with Gasteiger partial charge in [0, 0.05) is 25.2 Å². The third-order valence-electron chi connectivity index (χ3n) is 2.51. The van der Waals surface area contributed by atoms with Gasteiger partial charge < -0.3 is 15.3 Å². The lowest BCUT2D eigenvalue weighted by Gasteiger charge is -2.27. The van der Waals surface area contributed by atoms with Gasteiger partial charge in [-0.25, -0.2) is 4.39 Å². The molecule has 3 nitrogen and oxygen atoms in total. The Morgan fingerprint density at radius 1 is 1.44 bits per heavy atom. The number of hydrogen-bond donors (Lipinski definition) is 2. The molecule has 18 heavy (non-hydrogen) atoms. The quantitative estimate of drug-likeness (QED) is 0.832. The molecule has 0 heterocycles. The molecule has 0 radical (unpaired) electrons. The predicted octanol–water partition coefficient (Wildman–Crippen LogP) is 1.88. The highest BCUT2D eigenvalue weighted by molar-refractivity contribution is 6.30. The van der Waals surface area contributed by atoms with Gasteiger partial charge in [0.1, 0.15) is 5.82 Å². The number of aliphatic hydroxyl groups is 1. The second-order valence-electron chi connectivity index (χ2n) is 5.05. The van der Waals surface area contributed by atoms with Crippen LogP contribution in [-0.2, 0) is 6.54 Å². The molecule has 0 spiro atoms. The highest BCUT2D eigenvalue weighted by Gasteiger charge is 2.20. The molecule has 2 N–H and O–H groups in total. The van der Waals surface area contributed by atoms with E-state index in [1.165, 1.54) is 6.07 Å². The zero-order chi connectivity index (χ0) is 13.8. The lowest BCUT2D eigenvalue weighted by Crippen LogP contribution is -2.45. The summed E-state index contributed by atoms with van der Waals surface area (Å²) in [6, 6.07) is 4.90. The van der Waals surface area contributed by atoms with Crippen LogP contribution in [0, 0.1) is 5.82 Å². The van der Waals surface area contributed by atoms with Crippen molar-refractivity contribution < 1.29 is 9.50 Å². The van der Waals surface area contributed by atoms with Gasteiger partial charge >= 0.3 is 0 Å². The van der Waals surface area contributed by atoms with E-state index in [1.807, 2.05) is 19.0 Å². The maximum Gasteiger partial charge on any atom is 0.146 e. The highest BCUT2D eigenvalue weighted by Crippen LogP contribution is 2.17. The number of halogens is 2. The molecule has 1 unspecified atom stereocenters. The number of benzene rings is 1. The molecule has 0 fully saturated rings. The maximum atomic E-state index is 13.6. The highest BCUT2D eigenvalue weighted by atomic mass is 35.5. The first-order valence-corrected chi connectivity index (χ1v) is 6.20. The molecule has 1 atom stereocenters. The third-order valence-corrected chi connectivity index (χ3v) is 2.80. The van der Waals surface area contributed by atoms with E-state index in [2.05, 4.69) is 5.32 Å². The Morgan fingerprint density at radius 2 is 2.11 bits per heavy atom. The van der Waals surface area contributed by atoms with Crippen LogP contribution in [0.4, 0.5) is 4.39 Å². The lowest BCUT2D eigenvalue weighted by atomic mass is 10.1. The van der Waals surface area contributed by atoms with Crippen LogP contribution in [0.25, 0.3) is 0 Å². The predicted molar refractivity (Wildman–Crippen MR) is 72.3 cm³/mol. The van der Waals surface area contributed by atoms with E-state index in [-0.39, 0.29) is 5.02 Å². The average Bonchev–Trinajstić information content (AvgIpc) is 2.22. The molecule has 0 aliphatic heterocycles. The molecule has 102 valence electrons. The van der Waals surface area contributed by atoms with Gasteiger partial charge in [-0.1, -0.05) is 23.7 Å². The largest absolute Gasteiger partial charge is 0.388 e. The van der Waals surface area contributed by atoms with Crippen molar-refractivity contribution in [1.29, 1.82) is 0 Å². The van der Waals surface area contributed by atoms with Gasteiger partial charge in [-0.3, -0.25) is 0 Å². The third kappa shape index (κ3) is 4.90. The van der Waals surface area contributed by atoms with Crippen molar-refractivity contribution in [3.05, 3.63) is 34.6 Å². The standard InChI is InChI=1S/C13H20ClFN2O/c1-13(18,9-17(2)3)8-16-7-10-5-4-6-11(14)12(10)15/h4-6,16,18H,7-9H2,1-3H3. The Balaban J connectivity index is 2.49. The van der Waals surface area contributed by atoms with E-state index in [9.17, 15) is 9.50 Å². The summed E-state index contributed by atoms with van der Waals surface area (Å²) in [7, 11) is 3.79. The molecule has 0 amide bonds. The fourth-order valence-corrected chi connectivity index (χ4v) is 2.08. The first-order chi connectivity index (χ1) is 8.32. The molecule has 0 saturated heterocycles. The minimum atomic E-state index is -0.849. The Bertz CT molecular complexity index is 397. The normalized spacial score (nSPS) is 14.8.